The quantitative estimate of drug-likeness (QED) is 0.924. The number of anilines is 1. The molecule has 0 aliphatic heterocycles. The molecule has 1 aromatic heterocycles. The van der Waals surface area contributed by atoms with Crippen molar-refractivity contribution in [2.24, 2.45) is 0 Å². The Labute approximate surface area is 108 Å². The fraction of sp³-hybridized carbons (Fsp3) is 0.308. The maximum absolute atomic E-state index is 12.0. The number of nitrogen functional groups attached to an aromatic ring is 1. The highest BCUT2D eigenvalue weighted by Gasteiger charge is 2.26. The van der Waals surface area contributed by atoms with Crippen LogP contribution in [0.1, 0.15) is 18.9 Å². The zero-order valence-electron chi connectivity index (χ0n) is 10.1. The summed E-state index contributed by atoms with van der Waals surface area (Å²) in [5, 5.41) is 0. The van der Waals surface area contributed by atoms with Gasteiger partial charge in [0.2, 0.25) is 0 Å². The van der Waals surface area contributed by atoms with Gasteiger partial charge in [0.1, 0.15) is 17.3 Å². The van der Waals surface area contributed by atoms with E-state index in [1.54, 1.807) is 18.5 Å². The molecule has 19 heavy (non-hydrogen) atoms. The Morgan fingerprint density at radius 1 is 1.26 bits per heavy atom. The van der Waals surface area contributed by atoms with E-state index in [1.807, 2.05) is 4.57 Å². The van der Waals surface area contributed by atoms with E-state index >= 15 is 0 Å². The third kappa shape index (κ3) is 2.38. The number of aromatic nitrogens is 2. The molecule has 1 aromatic carbocycles. The van der Waals surface area contributed by atoms with Crippen LogP contribution in [0, 0.1) is 0 Å². The number of ether oxygens (including phenoxy) is 1. The molecule has 1 aliphatic rings. The summed E-state index contributed by atoms with van der Waals surface area (Å²) in [6, 6.07) is 6.78. The van der Waals surface area contributed by atoms with Crippen LogP contribution in [0.15, 0.2) is 30.6 Å². The summed E-state index contributed by atoms with van der Waals surface area (Å²) in [5.74, 6) is 0.740. The molecule has 2 N–H and O–H groups in total. The molecule has 2 aromatic rings. The van der Waals surface area contributed by atoms with Gasteiger partial charge in [-0.25, -0.2) is 4.98 Å². The average molecular weight is 265 g/mol. The topological polar surface area (TPSA) is 53.1 Å². The number of benzene rings is 1. The second kappa shape index (κ2) is 4.53. The minimum Gasteiger partial charge on any atom is -0.435 e. The Bertz CT molecular complexity index is 576. The fourth-order valence-electron chi connectivity index (χ4n) is 2.03. The van der Waals surface area contributed by atoms with Gasteiger partial charge in [-0.05, 0) is 37.1 Å². The van der Waals surface area contributed by atoms with E-state index in [0.29, 0.717) is 17.6 Å². The average Bonchev–Trinajstić information content (AvgIpc) is 3.14. The first-order valence-corrected chi connectivity index (χ1v) is 6.02. The van der Waals surface area contributed by atoms with Gasteiger partial charge in [-0.15, -0.1) is 0 Å². The van der Waals surface area contributed by atoms with Crippen LogP contribution < -0.4 is 10.5 Å². The summed E-state index contributed by atoms with van der Waals surface area (Å²) in [6.45, 7) is -2.81. The van der Waals surface area contributed by atoms with E-state index in [4.69, 9.17) is 5.73 Å². The Hall–Kier alpha value is -2.11. The summed E-state index contributed by atoms with van der Waals surface area (Å²) in [4.78, 5) is 4.29. The van der Waals surface area contributed by atoms with Crippen LogP contribution in [0.4, 0.5) is 14.6 Å². The van der Waals surface area contributed by atoms with E-state index in [2.05, 4.69) is 9.72 Å². The molecule has 1 saturated carbocycles. The third-order valence-electron chi connectivity index (χ3n) is 3.13. The molecule has 0 bridgehead atoms. The molecule has 0 saturated heterocycles. The first-order valence-electron chi connectivity index (χ1n) is 6.02. The second-order valence-electron chi connectivity index (χ2n) is 4.52. The first-order chi connectivity index (χ1) is 9.15. The van der Waals surface area contributed by atoms with Gasteiger partial charge in [-0.2, -0.15) is 8.78 Å². The Balaban J connectivity index is 1.85. The highest BCUT2D eigenvalue weighted by Crippen LogP contribution is 2.39. The standard InChI is InChI=1S/C13H13F2N3O/c14-13(15)19-10-5-1-8(2-6-10)11-12(16)18(7-17-11)9-3-4-9/h1-2,5-7,9,13H,3-4,16H2. The Morgan fingerprint density at radius 3 is 2.53 bits per heavy atom. The maximum Gasteiger partial charge on any atom is 0.387 e. The minimum atomic E-state index is -2.81. The van der Waals surface area contributed by atoms with Crippen molar-refractivity contribution in [1.82, 2.24) is 9.55 Å². The van der Waals surface area contributed by atoms with Crippen molar-refractivity contribution in [2.45, 2.75) is 25.5 Å². The van der Waals surface area contributed by atoms with Crippen LogP contribution in [0.3, 0.4) is 0 Å². The summed E-state index contributed by atoms with van der Waals surface area (Å²) in [6.07, 6.45) is 3.98. The lowest BCUT2D eigenvalue weighted by Gasteiger charge is -2.06. The fourth-order valence-corrected chi connectivity index (χ4v) is 2.03. The van der Waals surface area contributed by atoms with Gasteiger partial charge in [0.25, 0.3) is 0 Å². The number of rotatable bonds is 4. The van der Waals surface area contributed by atoms with Crippen molar-refractivity contribution in [2.75, 3.05) is 5.73 Å². The smallest absolute Gasteiger partial charge is 0.387 e. The first kappa shape index (κ1) is 12.0. The van der Waals surface area contributed by atoms with Crippen molar-refractivity contribution >= 4 is 5.82 Å². The normalized spacial score (nSPS) is 14.9. The van der Waals surface area contributed by atoms with E-state index in [9.17, 15) is 8.78 Å². The molecule has 3 rings (SSSR count). The van der Waals surface area contributed by atoms with E-state index < -0.39 is 6.61 Å². The molecule has 0 atom stereocenters. The molecular weight excluding hydrogens is 252 g/mol. The second-order valence-corrected chi connectivity index (χ2v) is 4.52. The largest absolute Gasteiger partial charge is 0.435 e. The zero-order chi connectivity index (χ0) is 13.4. The number of nitrogens with zero attached hydrogens (tertiary/aromatic N) is 2. The van der Waals surface area contributed by atoms with Crippen LogP contribution in [0.5, 0.6) is 5.75 Å². The van der Waals surface area contributed by atoms with Crippen LogP contribution in [0.25, 0.3) is 11.3 Å². The van der Waals surface area contributed by atoms with Gasteiger partial charge >= 0.3 is 6.61 Å². The van der Waals surface area contributed by atoms with E-state index in [-0.39, 0.29) is 5.75 Å². The molecule has 1 heterocycles. The number of nitrogens with two attached hydrogens (primary N) is 1. The van der Waals surface area contributed by atoms with Crippen molar-refractivity contribution in [3.63, 3.8) is 0 Å². The lowest BCUT2D eigenvalue weighted by molar-refractivity contribution is -0.0498. The highest BCUT2D eigenvalue weighted by molar-refractivity contribution is 5.71. The molecule has 100 valence electrons. The Kier molecular flexibility index (Phi) is 2.85. The summed E-state index contributed by atoms with van der Waals surface area (Å²) in [7, 11) is 0. The SMILES string of the molecule is Nc1c(-c2ccc(OC(F)F)cc2)ncn1C1CC1. The summed E-state index contributed by atoms with van der Waals surface area (Å²) < 4.78 is 30.4. The molecule has 0 amide bonds. The maximum atomic E-state index is 12.0. The van der Waals surface area contributed by atoms with Gasteiger partial charge < -0.3 is 15.0 Å². The number of hydrogen-bond donors (Lipinski definition) is 1. The molecule has 0 radical (unpaired) electrons. The number of halogens is 2. The molecule has 1 fully saturated rings. The van der Waals surface area contributed by atoms with E-state index in [1.165, 1.54) is 12.1 Å². The lowest BCUT2D eigenvalue weighted by Crippen LogP contribution is -2.01. The molecule has 0 unspecified atom stereocenters. The number of imidazole rings is 1. The molecule has 0 spiro atoms. The predicted molar refractivity (Wildman–Crippen MR) is 67.0 cm³/mol. The van der Waals surface area contributed by atoms with Crippen LogP contribution in [0.2, 0.25) is 0 Å². The van der Waals surface area contributed by atoms with Crippen molar-refractivity contribution in [3.05, 3.63) is 30.6 Å². The molecule has 6 heteroatoms. The number of hydrogen-bond acceptors (Lipinski definition) is 3. The van der Waals surface area contributed by atoms with Crippen molar-refractivity contribution in [3.8, 4) is 17.0 Å². The zero-order valence-corrected chi connectivity index (χ0v) is 10.1. The van der Waals surface area contributed by atoms with Gasteiger partial charge in [0.15, 0.2) is 0 Å². The molecular formula is C13H13F2N3O. The predicted octanol–water partition coefficient (Wildman–Crippen LogP) is 3.07. The van der Waals surface area contributed by atoms with E-state index in [0.717, 1.165) is 18.4 Å². The van der Waals surface area contributed by atoms with Crippen LogP contribution >= 0.6 is 0 Å². The summed E-state index contributed by atoms with van der Waals surface area (Å²) in [5.41, 5.74) is 7.51. The minimum absolute atomic E-state index is 0.124. The van der Waals surface area contributed by atoms with Crippen molar-refractivity contribution in [1.29, 1.82) is 0 Å². The Morgan fingerprint density at radius 2 is 1.95 bits per heavy atom. The van der Waals surface area contributed by atoms with Gasteiger partial charge in [0.05, 0.1) is 6.33 Å². The highest BCUT2D eigenvalue weighted by atomic mass is 19.3. The van der Waals surface area contributed by atoms with Gasteiger partial charge in [-0.1, -0.05) is 0 Å². The van der Waals surface area contributed by atoms with Gasteiger partial charge in [-0.3, -0.25) is 0 Å². The van der Waals surface area contributed by atoms with Crippen molar-refractivity contribution < 1.29 is 13.5 Å². The number of alkyl halides is 2. The van der Waals surface area contributed by atoms with Crippen LogP contribution in [-0.2, 0) is 0 Å². The third-order valence-corrected chi connectivity index (χ3v) is 3.13. The van der Waals surface area contributed by atoms with Crippen LogP contribution in [-0.4, -0.2) is 16.2 Å². The summed E-state index contributed by atoms with van der Waals surface area (Å²) >= 11 is 0. The molecule has 1 aliphatic carbocycles. The molecule has 4 nitrogen and oxygen atoms in total. The monoisotopic (exact) mass is 265 g/mol. The lowest BCUT2D eigenvalue weighted by atomic mass is 10.1. The van der Waals surface area contributed by atoms with Gasteiger partial charge in [0, 0.05) is 11.6 Å².